The Kier molecular flexibility index (Phi) is 8.08. The molecule has 8 heteroatoms. The SMILES string of the molecule is Cc1ccc(C(C)C)c(OCCOc2ccc(/C=C3\C(=O)NC(=O)N(c4ccc(Br)cc4)C3=O)cc2)c1. The van der Waals surface area contributed by atoms with E-state index < -0.39 is 17.8 Å². The lowest BCUT2D eigenvalue weighted by Crippen LogP contribution is -2.54. The lowest BCUT2D eigenvalue weighted by atomic mass is 10.0. The van der Waals surface area contributed by atoms with Crippen LogP contribution in [-0.4, -0.2) is 31.1 Å². The van der Waals surface area contributed by atoms with Gasteiger partial charge in [0.1, 0.15) is 30.3 Å². The zero-order chi connectivity index (χ0) is 26.5. The summed E-state index contributed by atoms with van der Waals surface area (Å²) in [7, 11) is 0. The smallest absolute Gasteiger partial charge is 0.335 e. The highest BCUT2D eigenvalue weighted by molar-refractivity contribution is 9.10. The first-order chi connectivity index (χ1) is 17.7. The number of rotatable bonds is 8. The van der Waals surface area contributed by atoms with Crippen LogP contribution in [0.2, 0.25) is 0 Å². The minimum Gasteiger partial charge on any atom is -0.490 e. The third-order valence-electron chi connectivity index (χ3n) is 5.78. The second-order valence-corrected chi connectivity index (χ2v) is 9.81. The molecule has 1 heterocycles. The average molecular weight is 563 g/mol. The summed E-state index contributed by atoms with van der Waals surface area (Å²) in [4.78, 5) is 38.7. The molecule has 3 aromatic carbocycles. The van der Waals surface area contributed by atoms with E-state index >= 15 is 0 Å². The van der Waals surface area contributed by atoms with Crippen molar-refractivity contribution in [3.05, 3.63) is 93.5 Å². The van der Waals surface area contributed by atoms with Gasteiger partial charge in [0.25, 0.3) is 11.8 Å². The van der Waals surface area contributed by atoms with Crippen LogP contribution in [0.5, 0.6) is 11.5 Å². The van der Waals surface area contributed by atoms with E-state index in [4.69, 9.17) is 9.47 Å². The summed E-state index contributed by atoms with van der Waals surface area (Å²) in [5.41, 5.74) is 3.14. The lowest BCUT2D eigenvalue weighted by molar-refractivity contribution is -0.122. The number of nitrogens with zero attached hydrogens (tertiary/aromatic N) is 1. The van der Waals surface area contributed by atoms with Gasteiger partial charge in [-0.1, -0.05) is 54.0 Å². The van der Waals surface area contributed by atoms with Gasteiger partial charge >= 0.3 is 6.03 Å². The van der Waals surface area contributed by atoms with Gasteiger partial charge in [0.15, 0.2) is 0 Å². The second kappa shape index (κ2) is 11.4. The van der Waals surface area contributed by atoms with Crippen molar-refractivity contribution >= 4 is 45.5 Å². The van der Waals surface area contributed by atoms with Gasteiger partial charge in [-0.15, -0.1) is 0 Å². The van der Waals surface area contributed by atoms with Crippen molar-refractivity contribution in [1.29, 1.82) is 0 Å². The Morgan fingerprint density at radius 1 is 0.919 bits per heavy atom. The Balaban J connectivity index is 1.39. The quantitative estimate of drug-likeness (QED) is 0.206. The largest absolute Gasteiger partial charge is 0.490 e. The maximum absolute atomic E-state index is 13.0. The molecule has 0 spiro atoms. The Labute approximate surface area is 224 Å². The number of anilines is 1. The van der Waals surface area contributed by atoms with Crippen LogP contribution in [0.25, 0.3) is 6.08 Å². The van der Waals surface area contributed by atoms with E-state index in [-0.39, 0.29) is 5.57 Å². The fourth-order valence-corrected chi connectivity index (χ4v) is 4.13. The second-order valence-electron chi connectivity index (χ2n) is 8.90. The normalized spacial score (nSPS) is 14.8. The van der Waals surface area contributed by atoms with Crippen molar-refractivity contribution in [3.63, 3.8) is 0 Å². The van der Waals surface area contributed by atoms with Crippen molar-refractivity contribution in [3.8, 4) is 11.5 Å². The predicted octanol–water partition coefficient (Wildman–Crippen LogP) is 6.01. The van der Waals surface area contributed by atoms with E-state index in [9.17, 15) is 14.4 Å². The van der Waals surface area contributed by atoms with Gasteiger partial charge in [0, 0.05) is 4.47 Å². The topological polar surface area (TPSA) is 84.9 Å². The van der Waals surface area contributed by atoms with Gasteiger partial charge in [-0.05, 0) is 78.1 Å². The van der Waals surface area contributed by atoms with Crippen molar-refractivity contribution in [2.24, 2.45) is 0 Å². The highest BCUT2D eigenvalue weighted by Crippen LogP contribution is 2.28. The highest BCUT2D eigenvalue weighted by atomic mass is 79.9. The van der Waals surface area contributed by atoms with E-state index in [0.29, 0.717) is 36.1 Å². The van der Waals surface area contributed by atoms with Gasteiger partial charge in [-0.2, -0.15) is 0 Å². The fraction of sp³-hybridized carbons (Fsp3) is 0.207. The summed E-state index contributed by atoms with van der Waals surface area (Å²) in [5.74, 6) is 0.427. The number of nitrogens with one attached hydrogen (secondary N) is 1. The molecule has 4 amide bonds. The van der Waals surface area contributed by atoms with Crippen LogP contribution >= 0.6 is 15.9 Å². The van der Waals surface area contributed by atoms with Crippen LogP contribution in [0.1, 0.15) is 36.5 Å². The van der Waals surface area contributed by atoms with Crippen molar-refractivity contribution in [2.45, 2.75) is 26.7 Å². The third kappa shape index (κ3) is 6.27. The number of imide groups is 2. The molecule has 0 saturated carbocycles. The monoisotopic (exact) mass is 562 g/mol. The molecule has 0 radical (unpaired) electrons. The molecule has 1 aliphatic heterocycles. The first-order valence-electron chi connectivity index (χ1n) is 11.9. The molecule has 1 aliphatic rings. The van der Waals surface area contributed by atoms with Crippen molar-refractivity contribution in [2.75, 3.05) is 18.1 Å². The Hall–Kier alpha value is -3.91. The van der Waals surface area contributed by atoms with E-state index in [1.54, 1.807) is 48.5 Å². The molecule has 0 unspecified atom stereocenters. The van der Waals surface area contributed by atoms with Crippen LogP contribution in [0.4, 0.5) is 10.5 Å². The van der Waals surface area contributed by atoms with Crippen LogP contribution in [0.3, 0.4) is 0 Å². The van der Waals surface area contributed by atoms with Gasteiger partial charge in [-0.3, -0.25) is 14.9 Å². The zero-order valence-corrected chi connectivity index (χ0v) is 22.4. The van der Waals surface area contributed by atoms with Crippen LogP contribution in [0.15, 0.2) is 76.8 Å². The summed E-state index contributed by atoms with van der Waals surface area (Å²) in [6, 6.07) is 19.1. The molecule has 1 fully saturated rings. The number of hydrogen-bond acceptors (Lipinski definition) is 5. The van der Waals surface area contributed by atoms with Gasteiger partial charge in [-0.25, -0.2) is 9.69 Å². The zero-order valence-electron chi connectivity index (χ0n) is 20.8. The fourth-order valence-electron chi connectivity index (χ4n) is 3.86. The maximum atomic E-state index is 13.0. The van der Waals surface area contributed by atoms with E-state index in [0.717, 1.165) is 26.2 Å². The van der Waals surface area contributed by atoms with Gasteiger partial charge in [0.2, 0.25) is 0 Å². The standard InChI is InChI=1S/C29H27BrN2O5/c1-18(2)24-13-4-19(3)16-26(24)37-15-14-36-23-11-5-20(6-12-23)17-25-27(33)31-29(35)32(28(25)34)22-9-7-21(30)8-10-22/h4-13,16-18H,14-15H2,1-3H3,(H,31,33,35)/b25-17+. The highest BCUT2D eigenvalue weighted by Gasteiger charge is 2.36. The molecule has 7 nitrogen and oxygen atoms in total. The Bertz CT molecular complexity index is 1350. The van der Waals surface area contributed by atoms with Crippen LogP contribution < -0.4 is 19.7 Å². The molecule has 0 bridgehead atoms. The number of carbonyl (C=O) groups is 3. The molecule has 0 atom stereocenters. The minimum atomic E-state index is -0.786. The first-order valence-corrected chi connectivity index (χ1v) is 12.7. The molecule has 1 saturated heterocycles. The minimum absolute atomic E-state index is 0.135. The number of aryl methyl sites for hydroxylation is 1. The van der Waals surface area contributed by atoms with Crippen molar-refractivity contribution in [1.82, 2.24) is 5.32 Å². The van der Waals surface area contributed by atoms with Crippen LogP contribution in [0, 0.1) is 6.92 Å². The van der Waals surface area contributed by atoms with E-state index in [1.165, 1.54) is 6.08 Å². The number of barbiturate groups is 1. The Morgan fingerprint density at radius 2 is 1.59 bits per heavy atom. The predicted molar refractivity (Wildman–Crippen MR) is 146 cm³/mol. The van der Waals surface area contributed by atoms with Crippen molar-refractivity contribution < 1.29 is 23.9 Å². The first kappa shape index (κ1) is 26.2. The number of halogens is 1. The number of ether oxygens (including phenoxy) is 2. The maximum Gasteiger partial charge on any atom is 0.335 e. The molecule has 3 aromatic rings. The lowest BCUT2D eigenvalue weighted by Gasteiger charge is -2.26. The molecule has 1 N–H and O–H groups in total. The van der Waals surface area contributed by atoms with E-state index in [1.807, 2.05) is 13.0 Å². The number of urea groups is 1. The summed E-state index contributed by atoms with van der Waals surface area (Å²) in [5, 5.41) is 2.23. The number of benzene rings is 3. The average Bonchev–Trinajstić information content (AvgIpc) is 2.86. The number of amides is 4. The molecular formula is C29H27BrN2O5. The molecule has 37 heavy (non-hydrogen) atoms. The van der Waals surface area contributed by atoms with Crippen LogP contribution in [-0.2, 0) is 9.59 Å². The van der Waals surface area contributed by atoms with Gasteiger partial charge in [0.05, 0.1) is 5.69 Å². The summed E-state index contributed by atoms with van der Waals surface area (Å²) in [6.45, 7) is 7.04. The summed E-state index contributed by atoms with van der Waals surface area (Å²) in [6.07, 6.45) is 1.45. The van der Waals surface area contributed by atoms with Gasteiger partial charge < -0.3 is 9.47 Å². The third-order valence-corrected chi connectivity index (χ3v) is 6.31. The summed E-state index contributed by atoms with van der Waals surface area (Å²) < 4.78 is 12.6. The molecule has 0 aliphatic carbocycles. The molecule has 0 aromatic heterocycles. The number of hydrogen-bond donors (Lipinski definition) is 1. The number of carbonyl (C=O) groups excluding carboxylic acids is 3. The summed E-state index contributed by atoms with van der Waals surface area (Å²) >= 11 is 3.33. The molecular weight excluding hydrogens is 536 g/mol. The van der Waals surface area contributed by atoms with E-state index in [2.05, 4.69) is 47.2 Å². The Morgan fingerprint density at radius 3 is 2.27 bits per heavy atom. The molecule has 4 rings (SSSR count). The molecule has 190 valence electrons.